The summed E-state index contributed by atoms with van der Waals surface area (Å²) >= 11 is 0. The van der Waals surface area contributed by atoms with Crippen molar-refractivity contribution in [1.82, 2.24) is 5.32 Å². The second-order valence-electron chi connectivity index (χ2n) is 4.33. The Labute approximate surface area is 66.8 Å². The molecular weight excluding hydrogens is 142 g/mol. The first-order valence-electron chi connectivity index (χ1n) is 3.84. The summed E-state index contributed by atoms with van der Waals surface area (Å²) < 4.78 is 0. The minimum Gasteiger partial charge on any atom is -0.480 e. The van der Waals surface area contributed by atoms with Crippen molar-refractivity contribution in [1.29, 1.82) is 0 Å². The van der Waals surface area contributed by atoms with Crippen LogP contribution < -0.4 is 5.32 Å². The van der Waals surface area contributed by atoms with Crippen molar-refractivity contribution in [2.24, 2.45) is 5.41 Å². The maximum atomic E-state index is 10.7. The molecule has 1 saturated heterocycles. The number of carbonyl (C=O) groups is 1. The van der Waals surface area contributed by atoms with Crippen LogP contribution in [0.2, 0.25) is 0 Å². The standard InChI is InChI=1S/C8H15NO2/c1-7(2)4-8(3,6(10)11)9-5-7/h9H,4-5H2,1-3H3,(H,10,11)/t8-/m0/s1. The van der Waals surface area contributed by atoms with Crippen molar-refractivity contribution in [3.63, 3.8) is 0 Å². The molecule has 0 aromatic rings. The van der Waals surface area contributed by atoms with Gasteiger partial charge in [0.25, 0.3) is 0 Å². The highest BCUT2D eigenvalue weighted by atomic mass is 16.4. The Balaban J connectivity index is 2.73. The van der Waals surface area contributed by atoms with Gasteiger partial charge in [0, 0.05) is 6.54 Å². The smallest absolute Gasteiger partial charge is 0.323 e. The van der Waals surface area contributed by atoms with Gasteiger partial charge in [0.05, 0.1) is 0 Å². The average molecular weight is 157 g/mol. The molecule has 1 aliphatic rings. The van der Waals surface area contributed by atoms with E-state index in [0.29, 0.717) is 6.42 Å². The van der Waals surface area contributed by atoms with E-state index < -0.39 is 11.5 Å². The Bertz CT molecular complexity index is 189. The van der Waals surface area contributed by atoms with Crippen LogP contribution >= 0.6 is 0 Å². The number of hydrogen-bond acceptors (Lipinski definition) is 2. The van der Waals surface area contributed by atoms with Crippen LogP contribution in [-0.4, -0.2) is 23.2 Å². The molecule has 1 rings (SSSR count). The lowest BCUT2D eigenvalue weighted by molar-refractivity contribution is -0.143. The zero-order valence-corrected chi connectivity index (χ0v) is 7.27. The lowest BCUT2D eigenvalue weighted by Crippen LogP contribution is -2.44. The molecule has 3 nitrogen and oxygen atoms in total. The Kier molecular flexibility index (Phi) is 1.71. The predicted octanol–water partition coefficient (Wildman–Crippen LogP) is 0.849. The minimum atomic E-state index is -0.747. The number of carboxylic acids is 1. The zero-order chi connectivity index (χ0) is 8.70. The summed E-state index contributed by atoms with van der Waals surface area (Å²) in [6.45, 7) is 6.68. The summed E-state index contributed by atoms with van der Waals surface area (Å²) in [4.78, 5) is 10.7. The van der Waals surface area contributed by atoms with Crippen molar-refractivity contribution in [2.45, 2.75) is 32.7 Å². The maximum absolute atomic E-state index is 10.7. The fraction of sp³-hybridized carbons (Fsp3) is 0.875. The Morgan fingerprint density at radius 3 is 2.18 bits per heavy atom. The predicted molar refractivity (Wildman–Crippen MR) is 42.4 cm³/mol. The number of rotatable bonds is 1. The minimum absolute atomic E-state index is 0.118. The lowest BCUT2D eigenvalue weighted by Gasteiger charge is -2.20. The summed E-state index contributed by atoms with van der Waals surface area (Å²) in [5, 5.41) is 11.9. The van der Waals surface area contributed by atoms with Crippen LogP contribution in [0.1, 0.15) is 27.2 Å². The third-order valence-electron chi connectivity index (χ3n) is 2.26. The number of nitrogens with one attached hydrogen (secondary N) is 1. The number of carboxylic acid groups (broad SMARTS) is 1. The van der Waals surface area contributed by atoms with Crippen LogP contribution in [0.4, 0.5) is 0 Å². The summed E-state index contributed by atoms with van der Waals surface area (Å²) in [5.74, 6) is -0.747. The van der Waals surface area contributed by atoms with E-state index in [-0.39, 0.29) is 5.41 Å². The molecule has 0 radical (unpaired) electrons. The van der Waals surface area contributed by atoms with E-state index >= 15 is 0 Å². The lowest BCUT2D eigenvalue weighted by atomic mass is 9.85. The van der Waals surface area contributed by atoms with Crippen LogP contribution in [-0.2, 0) is 4.79 Å². The molecule has 1 fully saturated rings. The largest absolute Gasteiger partial charge is 0.480 e. The number of hydrogen-bond donors (Lipinski definition) is 2. The van der Waals surface area contributed by atoms with Gasteiger partial charge in [0.15, 0.2) is 0 Å². The van der Waals surface area contributed by atoms with Gasteiger partial charge in [0.2, 0.25) is 0 Å². The SMILES string of the molecule is CC1(C)CN[C@](C)(C(=O)O)C1. The Morgan fingerprint density at radius 2 is 2.00 bits per heavy atom. The Morgan fingerprint density at radius 1 is 1.45 bits per heavy atom. The highest BCUT2D eigenvalue weighted by molar-refractivity contribution is 5.78. The number of aliphatic carboxylic acids is 1. The van der Waals surface area contributed by atoms with Gasteiger partial charge in [-0.25, -0.2) is 0 Å². The molecule has 1 heterocycles. The topological polar surface area (TPSA) is 49.3 Å². The quantitative estimate of drug-likeness (QED) is 0.593. The van der Waals surface area contributed by atoms with Crippen molar-refractivity contribution in [3.05, 3.63) is 0 Å². The zero-order valence-electron chi connectivity index (χ0n) is 7.27. The first kappa shape index (κ1) is 8.53. The Hall–Kier alpha value is -0.570. The first-order valence-corrected chi connectivity index (χ1v) is 3.84. The van der Waals surface area contributed by atoms with E-state index in [1.54, 1.807) is 6.92 Å². The van der Waals surface area contributed by atoms with Gasteiger partial charge in [-0.1, -0.05) is 13.8 Å². The van der Waals surface area contributed by atoms with Crippen LogP contribution in [0.25, 0.3) is 0 Å². The summed E-state index contributed by atoms with van der Waals surface area (Å²) in [6, 6.07) is 0. The van der Waals surface area contributed by atoms with Crippen LogP contribution in [0.15, 0.2) is 0 Å². The molecule has 0 spiro atoms. The van der Waals surface area contributed by atoms with E-state index in [9.17, 15) is 4.79 Å². The van der Waals surface area contributed by atoms with Gasteiger partial charge >= 0.3 is 5.97 Å². The normalized spacial score (nSPS) is 35.5. The van der Waals surface area contributed by atoms with Crippen LogP contribution in [0, 0.1) is 5.41 Å². The molecule has 1 atom stereocenters. The molecule has 0 saturated carbocycles. The van der Waals surface area contributed by atoms with E-state index in [1.807, 2.05) is 0 Å². The van der Waals surface area contributed by atoms with Crippen molar-refractivity contribution < 1.29 is 9.90 Å². The van der Waals surface area contributed by atoms with Crippen molar-refractivity contribution in [3.8, 4) is 0 Å². The van der Waals surface area contributed by atoms with Gasteiger partial charge in [-0.05, 0) is 18.8 Å². The molecule has 2 N–H and O–H groups in total. The fourth-order valence-corrected chi connectivity index (χ4v) is 1.67. The van der Waals surface area contributed by atoms with Gasteiger partial charge in [-0.15, -0.1) is 0 Å². The second kappa shape index (κ2) is 2.21. The van der Waals surface area contributed by atoms with Gasteiger partial charge in [-0.3, -0.25) is 4.79 Å². The van der Waals surface area contributed by atoms with Gasteiger partial charge < -0.3 is 10.4 Å². The average Bonchev–Trinajstić information content (AvgIpc) is 2.08. The van der Waals surface area contributed by atoms with E-state index in [0.717, 1.165) is 6.54 Å². The van der Waals surface area contributed by atoms with Crippen molar-refractivity contribution in [2.75, 3.05) is 6.54 Å². The molecular formula is C8H15NO2. The molecule has 0 unspecified atom stereocenters. The van der Waals surface area contributed by atoms with E-state index in [4.69, 9.17) is 5.11 Å². The maximum Gasteiger partial charge on any atom is 0.323 e. The third-order valence-corrected chi connectivity index (χ3v) is 2.26. The molecule has 0 aromatic heterocycles. The molecule has 64 valence electrons. The van der Waals surface area contributed by atoms with Gasteiger partial charge in [0.1, 0.15) is 5.54 Å². The molecule has 1 aliphatic heterocycles. The second-order valence-corrected chi connectivity index (χ2v) is 4.33. The fourth-order valence-electron chi connectivity index (χ4n) is 1.67. The highest BCUT2D eigenvalue weighted by Gasteiger charge is 2.44. The molecule has 3 heteroatoms. The van der Waals surface area contributed by atoms with E-state index in [1.165, 1.54) is 0 Å². The summed E-state index contributed by atoms with van der Waals surface area (Å²) in [5.41, 5.74) is -0.587. The molecule has 0 amide bonds. The summed E-state index contributed by atoms with van der Waals surface area (Å²) in [7, 11) is 0. The molecule has 11 heavy (non-hydrogen) atoms. The van der Waals surface area contributed by atoms with Crippen LogP contribution in [0.5, 0.6) is 0 Å². The monoisotopic (exact) mass is 157 g/mol. The molecule has 0 aliphatic carbocycles. The first-order chi connectivity index (χ1) is 4.86. The third kappa shape index (κ3) is 1.53. The van der Waals surface area contributed by atoms with Gasteiger partial charge in [-0.2, -0.15) is 0 Å². The molecule has 0 aromatic carbocycles. The van der Waals surface area contributed by atoms with Crippen molar-refractivity contribution >= 4 is 5.97 Å². The highest BCUT2D eigenvalue weighted by Crippen LogP contribution is 2.33. The summed E-state index contributed by atoms with van der Waals surface area (Å²) in [6.07, 6.45) is 0.704. The van der Waals surface area contributed by atoms with E-state index in [2.05, 4.69) is 19.2 Å². The molecule has 0 bridgehead atoms. The van der Waals surface area contributed by atoms with Crippen LogP contribution in [0.3, 0.4) is 0 Å².